The predicted octanol–water partition coefficient (Wildman–Crippen LogP) is 0.893. The molecule has 0 bridgehead atoms. The minimum atomic E-state index is -0.559. The van der Waals surface area contributed by atoms with Crippen molar-refractivity contribution in [1.82, 2.24) is 15.0 Å². The van der Waals surface area contributed by atoms with Crippen LogP contribution in [0.3, 0.4) is 0 Å². The lowest BCUT2D eigenvalue weighted by Gasteiger charge is -2.06. The fraction of sp³-hybridized carbons (Fsp3) is 0.250. The molecule has 6 nitrogen and oxygen atoms in total. The smallest absolute Gasteiger partial charge is 0.143 e. The van der Waals surface area contributed by atoms with Crippen LogP contribution in [-0.4, -0.2) is 26.7 Å². The Labute approximate surface area is 109 Å². The van der Waals surface area contributed by atoms with Crippen LogP contribution in [0.4, 0.5) is 10.1 Å². The molecule has 1 heterocycles. The predicted molar refractivity (Wildman–Crippen MR) is 65.5 cm³/mol. The number of halogens is 1. The second kappa shape index (κ2) is 5.93. The van der Waals surface area contributed by atoms with Gasteiger partial charge in [-0.15, -0.1) is 5.10 Å². The van der Waals surface area contributed by atoms with Crippen LogP contribution in [0.15, 0.2) is 24.4 Å². The maximum Gasteiger partial charge on any atom is 0.143 e. The van der Waals surface area contributed by atoms with Gasteiger partial charge in [0.05, 0.1) is 31.6 Å². The van der Waals surface area contributed by atoms with E-state index in [1.54, 1.807) is 12.3 Å². The fourth-order valence-corrected chi connectivity index (χ4v) is 1.60. The summed E-state index contributed by atoms with van der Waals surface area (Å²) in [4.78, 5) is 0. The van der Waals surface area contributed by atoms with E-state index in [2.05, 4.69) is 15.6 Å². The first-order valence-corrected chi connectivity index (χ1v) is 5.67. The highest BCUT2D eigenvalue weighted by Crippen LogP contribution is 2.18. The summed E-state index contributed by atoms with van der Waals surface area (Å²) in [5.74, 6) is -0.559. The molecular weight excluding hydrogens is 249 g/mol. The highest BCUT2D eigenvalue weighted by Gasteiger charge is 2.08. The molecule has 0 saturated heterocycles. The Bertz CT molecular complexity index is 604. The van der Waals surface area contributed by atoms with Gasteiger partial charge in [-0.25, -0.2) is 9.07 Å². The summed E-state index contributed by atoms with van der Waals surface area (Å²) in [5, 5.41) is 28.3. The summed E-state index contributed by atoms with van der Waals surface area (Å²) in [6.07, 6.45) is 1.68. The minimum absolute atomic E-state index is 0.0152. The van der Waals surface area contributed by atoms with Crippen molar-refractivity contribution in [3.8, 4) is 6.07 Å². The average Bonchev–Trinajstić information content (AvgIpc) is 2.84. The van der Waals surface area contributed by atoms with E-state index in [0.29, 0.717) is 24.5 Å². The summed E-state index contributed by atoms with van der Waals surface area (Å²) in [6, 6.07) is 6.20. The summed E-state index contributed by atoms with van der Waals surface area (Å²) in [6.45, 7) is 0.679. The number of aliphatic hydroxyl groups is 1. The lowest BCUT2D eigenvalue weighted by Crippen LogP contribution is -2.03. The van der Waals surface area contributed by atoms with Crippen LogP contribution >= 0.6 is 0 Å². The molecular formula is C12H12FN5O. The number of nitrogens with zero attached hydrogens (tertiary/aromatic N) is 4. The Morgan fingerprint density at radius 2 is 2.32 bits per heavy atom. The molecule has 0 fully saturated rings. The van der Waals surface area contributed by atoms with Crippen molar-refractivity contribution in [2.24, 2.45) is 0 Å². The van der Waals surface area contributed by atoms with Gasteiger partial charge in [-0.3, -0.25) is 0 Å². The standard InChI is InChI=1S/C12H12FN5O/c13-11-2-1-3-12(10(11)6-14)15-7-9-8-18(4-5-19)17-16-9/h1-3,8,15,19H,4-5,7H2. The van der Waals surface area contributed by atoms with Crippen LogP contribution in [0.5, 0.6) is 0 Å². The maximum absolute atomic E-state index is 13.4. The van der Waals surface area contributed by atoms with Crippen molar-refractivity contribution in [2.45, 2.75) is 13.1 Å². The third-order valence-corrected chi connectivity index (χ3v) is 2.50. The van der Waals surface area contributed by atoms with Crippen molar-refractivity contribution >= 4 is 5.69 Å². The first kappa shape index (κ1) is 13.0. The number of hydrogen-bond acceptors (Lipinski definition) is 5. The zero-order valence-electron chi connectivity index (χ0n) is 10.0. The zero-order chi connectivity index (χ0) is 13.7. The molecule has 1 aromatic heterocycles. The highest BCUT2D eigenvalue weighted by molar-refractivity contribution is 5.57. The average molecular weight is 261 g/mol. The van der Waals surface area contributed by atoms with Crippen molar-refractivity contribution in [1.29, 1.82) is 5.26 Å². The second-order valence-electron chi connectivity index (χ2n) is 3.82. The lowest BCUT2D eigenvalue weighted by atomic mass is 10.2. The second-order valence-corrected chi connectivity index (χ2v) is 3.82. The molecule has 2 aromatic rings. The summed E-state index contributed by atoms with van der Waals surface area (Å²) >= 11 is 0. The fourth-order valence-electron chi connectivity index (χ4n) is 1.60. The van der Waals surface area contributed by atoms with Crippen LogP contribution in [-0.2, 0) is 13.1 Å². The molecule has 0 atom stereocenters. The Morgan fingerprint density at radius 3 is 3.05 bits per heavy atom. The highest BCUT2D eigenvalue weighted by atomic mass is 19.1. The maximum atomic E-state index is 13.4. The Kier molecular flexibility index (Phi) is 4.05. The molecule has 0 unspecified atom stereocenters. The van der Waals surface area contributed by atoms with Crippen LogP contribution in [0.1, 0.15) is 11.3 Å². The third-order valence-electron chi connectivity index (χ3n) is 2.50. The molecule has 0 aliphatic rings. The van der Waals surface area contributed by atoms with Gasteiger partial charge in [0.2, 0.25) is 0 Å². The van der Waals surface area contributed by atoms with E-state index in [1.807, 2.05) is 6.07 Å². The number of benzene rings is 1. The lowest BCUT2D eigenvalue weighted by molar-refractivity contribution is 0.268. The zero-order valence-corrected chi connectivity index (χ0v) is 10.0. The van der Waals surface area contributed by atoms with E-state index in [4.69, 9.17) is 10.4 Å². The van der Waals surface area contributed by atoms with Gasteiger partial charge in [-0.1, -0.05) is 11.3 Å². The number of nitrogens with one attached hydrogen (secondary N) is 1. The molecule has 7 heteroatoms. The van der Waals surface area contributed by atoms with E-state index in [0.717, 1.165) is 0 Å². The normalized spacial score (nSPS) is 10.2. The van der Waals surface area contributed by atoms with Gasteiger partial charge < -0.3 is 10.4 Å². The van der Waals surface area contributed by atoms with Gasteiger partial charge in [-0.05, 0) is 12.1 Å². The Balaban J connectivity index is 2.06. The molecule has 0 aliphatic heterocycles. The van der Waals surface area contributed by atoms with Gasteiger partial charge in [0.15, 0.2) is 0 Å². The Morgan fingerprint density at radius 1 is 1.47 bits per heavy atom. The molecule has 0 amide bonds. The molecule has 19 heavy (non-hydrogen) atoms. The van der Waals surface area contributed by atoms with E-state index in [1.165, 1.54) is 16.8 Å². The van der Waals surface area contributed by atoms with Gasteiger partial charge >= 0.3 is 0 Å². The number of aliphatic hydroxyl groups excluding tert-OH is 1. The summed E-state index contributed by atoms with van der Waals surface area (Å²) < 4.78 is 14.9. The van der Waals surface area contributed by atoms with E-state index < -0.39 is 5.82 Å². The summed E-state index contributed by atoms with van der Waals surface area (Å²) in [7, 11) is 0. The molecule has 0 saturated carbocycles. The molecule has 98 valence electrons. The van der Waals surface area contributed by atoms with E-state index >= 15 is 0 Å². The van der Waals surface area contributed by atoms with Crippen LogP contribution < -0.4 is 5.32 Å². The molecule has 1 aromatic carbocycles. The van der Waals surface area contributed by atoms with Crippen molar-refractivity contribution < 1.29 is 9.50 Å². The van der Waals surface area contributed by atoms with Gasteiger partial charge in [0.1, 0.15) is 23.1 Å². The van der Waals surface area contributed by atoms with Crippen LogP contribution in [0, 0.1) is 17.1 Å². The molecule has 0 spiro atoms. The number of hydrogen-bond donors (Lipinski definition) is 2. The van der Waals surface area contributed by atoms with Gasteiger partial charge in [-0.2, -0.15) is 5.26 Å². The number of anilines is 1. The third kappa shape index (κ3) is 3.05. The van der Waals surface area contributed by atoms with Gasteiger partial charge in [0.25, 0.3) is 0 Å². The number of nitriles is 1. The Hall–Kier alpha value is -2.46. The molecule has 0 aliphatic carbocycles. The number of rotatable bonds is 5. The largest absolute Gasteiger partial charge is 0.394 e. The van der Waals surface area contributed by atoms with E-state index in [9.17, 15) is 4.39 Å². The number of aromatic nitrogens is 3. The van der Waals surface area contributed by atoms with Crippen molar-refractivity contribution in [3.63, 3.8) is 0 Å². The monoisotopic (exact) mass is 261 g/mol. The van der Waals surface area contributed by atoms with Crippen molar-refractivity contribution in [2.75, 3.05) is 11.9 Å². The molecule has 2 rings (SSSR count). The van der Waals surface area contributed by atoms with Crippen molar-refractivity contribution in [3.05, 3.63) is 41.5 Å². The van der Waals surface area contributed by atoms with Gasteiger partial charge in [0, 0.05) is 0 Å². The topological polar surface area (TPSA) is 86.8 Å². The first-order valence-electron chi connectivity index (χ1n) is 5.67. The van der Waals surface area contributed by atoms with Crippen LogP contribution in [0.25, 0.3) is 0 Å². The SMILES string of the molecule is N#Cc1c(F)cccc1NCc1cn(CCO)nn1. The quantitative estimate of drug-likeness (QED) is 0.834. The molecule has 2 N–H and O–H groups in total. The summed E-state index contributed by atoms with van der Waals surface area (Å²) in [5.41, 5.74) is 1.03. The minimum Gasteiger partial charge on any atom is -0.394 e. The van der Waals surface area contributed by atoms with Crippen LogP contribution in [0.2, 0.25) is 0 Å². The first-order chi connectivity index (χ1) is 9.24. The van der Waals surface area contributed by atoms with E-state index in [-0.39, 0.29) is 12.2 Å². The molecule has 0 radical (unpaired) electrons.